The summed E-state index contributed by atoms with van der Waals surface area (Å²) < 4.78 is 43.1. The molecule has 0 N–H and O–H groups in total. The van der Waals surface area contributed by atoms with Crippen LogP contribution in [0.25, 0.3) is 0 Å². The fraction of sp³-hybridized carbons (Fsp3) is 0.364. The summed E-state index contributed by atoms with van der Waals surface area (Å²) in [6.07, 6.45) is -5.22. The standard InChI is InChI=1S/C11H8F3NO/c1-10(9(6-15)16-10)7-4-2-3-5-8(7)11(12,13)14/h2-5,9H,1H3. The number of benzene rings is 1. The fourth-order valence-electron chi connectivity index (χ4n) is 1.73. The fourth-order valence-corrected chi connectivity index (χ4v) is 1.73. The molecule has 2 rings (SSSR count). The number of hydrogen-bond donors (Lipinski definition) is 0. The molecule has 1 aliphatic rings. The van der Waals surface area contributed by atoms with Crippen LogP contribution in [0.15, 0.2) is 24.3 Å². The number of nitriles is 1. The lowest BCUT2D eigenvalue weighted by molar-refractivity contribution is -0.138. The minimum absolute atomic E-state index is 0.0223. The average Bonchev–Trinajstić information content (AvgIpc) is 2.90. The van der Waals surface area contributed by atoms with Crippen molar-refractivity contribution in [2.75, 3.05) is 0 Å². The molecule has 1 aromatic carbocycles. The Balaban J connectivity index is 2.48. The Bertz CT molecular complexity index is 463. The van der Waals surface area contributed by atoms with Gasteiger partial charge in [-0.2, -0.15) is 18.4 Å². The lowest BCUT2D eigenvalue weighted by Gasteiger charge is -2.14. The zero-order valence-corrected chi connectivity index (χ0v) is 8.38. The molecule has 2 nitrogen and oxygen atoms in total. The maximum atomic E-state index is 12.7. The second kappa shape index (κ2) is 3.22. The van der Waals surface area contributed by atoms with Crippen molar-refractivity contribution in [3.63, 3.8) is 0 Å². The van der Waals surface area contributed by atoms with Crippen LogP contribution < -0.4 is 0 Å². The zero-order chi connectivity index (χ0) is 12.0. The van der Waals surface area contributed by atoms with Crippen LogP contribution in [0, 0.1) is 11.3 Å². The average molecular weight is 227 g/mol. The highest BCUT2D eigenvalue weighted by molar-refractivity contribution is 5.40. The molecule has 1 saturated heterocycles. The summed E-state index contributed by atoms with van der Waals surface area (Å²) in [5.41, 5.74) is -1.84. The topological polar surface area (TPSA) is 36.3 Å². The number of ether oxygens (including phenoxy) is 1. The van der Waals surface area contributed by atoms with Crippen molar-refractivity contribution in [2.24, 2.45) is 0 Å². The van der Waals surface area contributed by atoms with Crippen LogP contribution in [-0.2, 0) is 16.5 Å². The molecular formula is C11H8F3NO. The SMILES string of the molecule is CC1(c2ccccc2C(F)(F)F)OC1C#N. The van der Waals surface area contributed by atoms with Crippen LogP contribution in [0.1, 0.15) is 18.1 Å². The van der Waals surface area contributed by atoms with Crippen molar-refractivity contribution < 1.29 is 17.9 Å². The first-order valence-electron chi connectivity index (χ1n) is 4.64. The number of epoxide rings is 1. The molecule has 0 saturated carbocycles. The lowest BCUT2D eigenvalue weighted by atomic mass is 9.93. The van der Waals surface area contributed by atoms with Gasteiger partial charge in [0.1, 0.15) is 5.60 Å². The molecule has 16 heavy (non-hydrogen) atoms. The summed E-state index contributed by atoms with van der Waals surface area (Å²) in [6.45, 7) is 1.49. The van der Waals surface area contributed by atoms with E-state index < -0.39 is 23.4 Å². The highest BCUT2D eigenvalue weighted by atomic mass is 19.4. The molecule has 5 heteroatoms. The minimum atomic E-state index is -4.43. The van der Waals surface area contributed by atoms with E-state index in [0.717, 1.165) is 6.07 Å². The molecule has 0 aromatic heterocycles. The van der Waals surface area contributed by atoms with Crippen LogP contribution in [-0.4, -0.2) is 6.10 Å². The second-order valence-electron chi connectivity index (χ2n) is 3.78. The molecule has 1 heterocycles. The predicted molar refractivity (Wildman–Crippen MR) is 49.3 cm³/mol. The molecule has 0 spiro atoms. The third kappa shape index (κ3) is 1.55. The van der Waals surface area contributed by atoms with Gasteiger partial charge < -0.3 is 4.74 Å². The summed E-state index contributed by atoms with van der Waals surface area (Å²) in [5.74, 6) is 0. The Morgan fingerprint density at radius 2 is 2.00 bits per heavy atom. The largest absolute Gasteiger partial charge is 0.416 e. The maximum Gasteiger partial charge on any atom is 0.416 e. The Labute approximate surface area is 90.3 Å². The molecule has 0 aliphatic carbocycles. The highest BCUT2D eigenvalue weighted by Crippen LogP contribution is 2.49. The van der Waals surface area contributed by atoms with E-state index in [4.69, 9.17) is 10.00 Å². The molecule has 2 atom stereocenters. The first kappa shape index (κ1) is 11.0. The zero-order valence-electron chi connectivity index (χ0n) is 8.38. The van der Waals surface area contributed by atoms with Gasteiger partial charge in [0.25, 0.3) is 0 Å². The summed E-state index contributed by atoms with van der Waals surface area (Å²) in [6, 6.07) is 6.99. The van der Waals surface area contributed by atoms with Crippen molar-refractivity contribution in [3.05, 3.63) is 35.4 Å². The third-order valence-electron chi connectivity index (χ3n) is 2.69. The van der Waals surface area contributed by atoms with E-state index in [1.165, 1.54) is 25.1 Å². The van der Waals surface area contributed by atoms with Crippen LogP contribution in [0.4, 0.5) is 13.2 Å². The van der Waals surface area contributed by atoms with Gasteiger partial charge in [0.15, 0.2) is 6.10 Å². The summed E-state index contributed by atoms with van der Waals surface area (Å²) >= 11 is 0. The van der Waals surface area contributed by atoms with Crippen molar-refractivity contribution in [3.8, 4) is 6.07 Å². The number of rotatable bonds is 1. The first-order valence-corrected chi connectivity index (χ1v) is 4.64. The van der Waals surface area contributed by atoms with Crippen LogP contribution >= 0.6 is 0 Å². The number of halogens is 3. The summed E-state index contributed by atoms with van der Waals surface area (Å²) in [4.78, 5) is 0. The van der Waals surface area contributed by atoms with E-state index >= 15 is 0 Å². The van der Waals surface area contributed by atoms with E-state index in [1.807, 2.05) is 6.07 Å². The molecule has 1 fully saturated rings. The van der Waals surface area contributed by atoms with Gasteiger partial charge in [-0.1, -0.05) is 18.2 Å². The Hall–Kier alpha value is -1.54. The van der Waals surface area contributed by atoms with Gasteiger partial charge in [-0.15, -0.1) is 0 Å². The van der Waals surface area contributed by atoms with E-state index in [1.54, 1.807) is 0 Å². The van der Waals surface area contributed by atoms with E-state index in [0.29, 0.717) is 0 Å². The summed E-state index contributed by atoms with van der Waals surface area (Å²) in [5, 5.41) is 8.64. The smallest absolute Gasteiger partial charge is 0.345 e. The van der Waals surface area contributed by atoms with Crippen molar-refractivity contribution >= 4 is 0 Å². The highest BCUT2D eigenvalue weighted by Gasteiger charge is 2.57. The molecular weight excluding hydrogens is 219 g/mol. The van der Waals surface area contributed by atoms with E-state index in [-0.39, 0.29) is 5.56 Å². The van der Waals surface area contributed by atoms with Gasteiger partial charge in [-0.25, -0.2) is 0 Å². The van der Waals surface area contributed by atoms with Gasteiger partial charge in [0.05, 0.1) is 11.6 Å². The number of nitrogens with zero attached hydrogens (tertiary/aromatic N) is 1. The van der Waals surface area contributed by atoms with E-state index in [9.17, 15) is 13.2 Å². The quantitative estimate of drug-likeness (QED) is 0.691. The van der Waals surface area contributed by atoms with Crippen molar-refractivity contribution in [1.82, 2.24) is 0 Å². The number of alkyl halides is 3. The molecule has 1 aliphatic heterocycles. The van der Waals surface area contributed by atoms with Gasteiger partial charge in [0, 0.05) is 0 Å². The van der Waals surface area contributed by atoms with Gasteiger partial charge in [0.2, 0.25) is 0 Å². The van der Waals surface area contributed by atoms with Gasteiger partial charge in [-0.3, -0.25) is 0 Å². The lowest BCUT2D eigenvalue weighted by Crippen LogP contribution is -2.16. The van der Waals surface area contributed by atoms with Crippen molar-refractivity contribution in [1.29, 1.82) is 5.26 Å². The van der Waals surface area contributed by atoms with Crippen LogP contribution in [0.5, 0.6) is 0 Å². The van der Waals surface area contributed by atoms with Crippen LogP contribution in [0.2, 0.25) is 0 Å². The Morgan fingerprint density at radius 3 is 2.50 bits per heavy atom. The minimum Gasteiger partial charge on any atom is -0.345 e. The van der Waals surface area contributed by atoms with Gasteiger partial charge in [-0.05, 0) is 18.6 Å². The number of hydrogen-bond acceptors (Lipinski definition) is 2. The molecule has 0 bridgehead atoms. The molecule has 0 radical (unpaired) electrons. The molecule has 1 aromatic rings. The predicted octanol–water partition coefficient (Wildman–Crippen LogP) is 2.84. The maximum absolute atomic E-state index is 12.7. The Kier molecular flexibility index (Phi) is 2.21. The monoisotopic (exact) mass is 227 g/mol. The molecule has 2 unspecified atom stereocenters. The normalized spacial score (nSPS) is 28.6. The molecule has 0 amide bonds. The van der Waals surface area contributed by atoms with Crippen LogP contribution in [0.3, 0.4) is 0 Å². The van der Waals surface area contributed by atoms with Gasteiger partial charge >= 0.3 is 6.18 Å². The Morgan fingerprint density at radius 1 is 1.38 bits per heavy atom. The summed E-state index contributed by atoms with van der Waals surface area (Å²) in [7, 11) is 0. The first-order chi connectivity index (χ1) is 7.39. The second-order valence-corrected chi connectivity index (χ2v) is 3.78. The van der Waals surface area contributed by atoms with Crippen molar-refractivity contribution in [2.45, 2.75) is 24.8 Å². The van der Waals surface area contributed by atoms with E-state index in [2.05, 4.69) is 0 Å². The third-order valence-corrected chi connectivity index (χ3v) is 2.69. The molecule has 84 valence electrons.